The molecule has 0 aromatic carbocycles. The Balaban J connectivity index is 5.17. The van der Waals surface area contributed by atoms with Crippen LogP contribution in [0.25, 0.3) is 0 Å². The molecule has 0 rings (SSSR count). The standard InChI is InChI=1S/C78H152O17P2/c1-6-9-12-15-18-21-23-25-27-29-30-31-32-34-36-38-40-42-48-53-58-63-77(82)94-74(68-89-76(81)62-57-52-47-41-39-37-35-33-28-26-24-22-19-16-13-10-7-2)70-93-97(86,87)91-66-72(79)65-90-96(84,85)92-69-73(67-88-75(80)61-56-51-46-20-17-14-11-8-3)95-78(83)64-59-54-49-44-43-45-50-55-60-71(4)5/h71-74,79H,6-70H2,1-5H3,(H,84,85)(H,86,87)/t72-,73+,74+/m0/s1. The summed E-state index contributed by atoms with van der Waals surface area (Å²) in [7, 11) is -9.91. The summed E-state index contributed by atoms with van der Waals surface area (Å²) in [5.41, 5.74) is 0. The highest BCUT2D eigenvalue weighted by Gasteiger charge is 2.30. The summed E-state index contributed by atoms with van der Waals surface area (Å²) in [6.45, 7) is 7.23. The highest BCUT2D eigenvalue weighted by atomic mass is 31.2. The van der Waals surface area contributed by atoms with Gasteiger partial charge in [-0.25, -0.2) is 9.13 Å². The number of aliphatic hydroxyl groups excluding tert-OH is 1. The largest absolute Gasteiger partial charge is 0.472 e. The summed E-state index contributed by atoms with van der Waals surface area (Å²) >= 11 is 0. The first-order valence-electron chi connectivity index (χ1n) is 40.6. The normalized spacial score (nSPS) is 13.9. The summed E-state index contributed by atoms with van der Waals surface area (Å²) < 4.78 is 68.5. The number of esters is 4. The SMILES string of the molecule is CCCCCCCCCCCCCCCCCCCCCCCC(=O)O[C@H](COC(=O)CCCCCCCCCCCCCCCCCCC)COP(=O)(O)OC[C@@H](O)COP(=O)(O)OC[C@@H](COC(=O)CCCCCCCCCC)OC(=O)CCCCCCCCCCC(C)C. The first kappa shape index (κ1) is 95.1. The molecule has 2 unspecified atom stereocenters. The lowest BCUT2D eigenvalue weighted by molar-refractivity contribution is -0.161. The summed E-state index contributed by atoms with van der Waals surface area (Å²) in [5, 5.41) is 10.6. The Hall–Kier alpha value is -1.94. The van der Waals surface area contributed by atoms with Gasteiger partial charge in [0, 0.05) is 25.7 Å². The van der Waals surface area contributed by atoms with E-state index in [1.165, 1.54) is 231 Å². The Morgan fingerprint density at radius 2 is 0.474 bits per heavy atom. The lowest BCUT2D eigenvalue weighted by Gasteiger charge is -2.21. The molecular weight excluding hydrogens is 1270 g/mol. The summed E-state index contributed by atoms with van der Waals surface area (Å²) in [6, 6.07) is 0. The van der Waals surface area contributed by atoms with Crippen LogP contribution in [-0.4, -0.2) is 96.7 Å². The van der Waals surface area contributed by atoms with Crippen LogP contribution in [0.3, 0.4) is 0 Å². The molecule has 19 heteroatoms. The molecule has 97 heavy (non-hydrogen) atoms. The van der Waals surface area contributed by atoms with Crippen LogP contribution in [0.2, 0.25) is 0 Å². The van der Waals surface area contributed by atoms with Gasteiger partial charge in [-0.05, 0) is 31.6 Å². The molecule has 0 aromatic rings. The van der Waals surface area contributed by atoms with E-state index in [1.54, 1.807) is 0 Å². The number of hydrogen-bond donors (Lipinski definition) is 3. The Kier molecular flexibility index (Phi) is 69.6. The van der Waals surface area contributed by atoms with Gasteiger partial charge in [-0.2, -0.15) is 0 Å². The molecule has 5 atom stereocenters. The van der Waals surface area contributed by atoms with Crippen molar-refractivity contribution in [3.63, 3.8) is 0 Å². The van der Waals surface area contributed by atoms with Crippen molar-refractivity contribution in [3.05, 3.63) is 0 Å². The van der Waals surface area contributed by atoms with E-state index in [2.05, 4.69) is 34.6 Å². The van der Waals surface area contributed by atoms with Crippen LogP contribution in [0, 0.1) is 5.92 Å². The number of carbonyl (C=O) groups excluding carboxylic acids is 4. The van der Waals surface area contributed by atoms with E-state index in [-0.39, 0.29) is 25.7 Å². The van der Waals surface area contributed by atoms with Crippen molar-refractivity contribution in [1.29, 1.82) is 0 Å². The van der Waals surface area contributed by atoms with Gasteiger partial charge in [-0.15, -0.1) is 0 Å². The third kappa shape index (κ3) is 72.2. The molecule has 0 saturated carbocycles. The van der Waals surface area contributed by atoms with Crippen LogP contribution in [-0.2, 0) is 65.4 Å². The van der Waals surface area contributed by atoms with Gasteiger partial charge >= 0.3 is 39.5 Å². The monoisotopic (exact) mass is 1420 g/mol. The Morgan fingerprint density at radius 3 is 0.701 bits per heavy atom. The molecule has 576 valence electrons. The molecule has 0 spiro atoms. The van der Waals surface area contributed by atoms with Crippen molar-refractivity contribution in [2.24, 2.45) is 5.92 Å². The van der Waals surface area contributed by atoms with Crippen LogP contribution in [0.5, 0.6) is 0 Å². The molecule has 17 nitrogen and oxygen atoms in total. The Morgan fingerprint density at radius 1 is 0.278 bits per heavy atom. The average molecular weight is 1420 g/mol. The highest BCUT2D eigenvalue weighted by molar-refractivity contribution is 7.47. The topological polar surface area (TPSA) is 237 Å². The molecule has 0 bridgehead atoms. The molecule has 0 aliphatic heterocycles. The highest BCUT2D eigenvalue weighted by Crippen LogP contribution is 2.45. The van der Waals surface area contributed by atoms with Gasteiger partial charge < -0.3 is 33.8 Å². The van der Waals surface area contributed by atoms with Crippen LogP contribution < -0.4 is 0 Å². The van der Waals surface area contributed by atoms with Gasteiger partial charge in [-0.1, -0.05) is 362 Å². The molecule has 0 fully saturated rings. The summed E-state index contributed by atoms with van der Waals surface area (Å²) in [4.78, 5) is 72.8. The lowest BCUT2D eigenvalue weighted by atomic mass is 10.0. The number of rotatable bonds is 78. The van der Waals surface area contributed by atoms with Crippen molar-refractivity contribution in [2.75, 3.05) is 39.6 Å². The number of unbranched alkanes of at least 4 members (excludes halogenated alkanes) is 50. The third-order valence-electron chi connectivity index (χ3n) is 18.3. The van der Waals surface area contributed by atoms with Crippen LogP contribution in [0.15, 0.2) is 0 Å². The predicted octanol–water partition coefficient (Wildman–Crippen LogP) is 23.3. The second-order valence-corrected chi connectivity index (χ2v) is 31.5. The molecule has 0 radical (unpaired) electrons. The van der Waals surface area contributed by atoms with Crippen molar-refractivity contribution >= 4 is 39.5 Å². The molecule has 0 saturated heterocycles. The Labute approximate surface area is 594 Å². The fourth-order valence-corrected chi connectivity index (χ4v) is 13.6. The quantitative estimate of drug-likeness (QED) is 0.0222. The maximum atomic E-state index is 13.1. The predicted molar refractivity (Wildman–Crippen MR) is 395 cm³/mol. The van der Waals surface area contributed by atoms with E-state index >= 15 is 0 Å². The van der Waals surface area contributed by atoms with E-state index in [0.29, 0.717) is 25.7 Å². The van der Waals surface area contributed by atoms with Gasteiger partial charge in [0.15, 0.2) is 12.2 Å². The van der Waals surface area contributed by atoms with Crippen molar-refractivity contribution in [3.8, 4) is 0 Å². The molecule has 0 aromatic heterocycles. The zero-order valence-electron chi connectivity index (χ0n) is 63.2. The number of carbonyl (C=O) groups is 4. The van der Waals surface area contributed by atoms with E-state index < -0.39 is 97.5 Å². The molecule has 0 aliphatic rings. The second kappa shape index (κ2) is 71.1. The number of phosphoric acid groups is 2. The first-order valence-corrected chi connectivity index (χ1v) is 43.6. The van der Waals surface area contributed by atoms with Crippen molar-refractivity contribution in [1.82, 2.24) is 0 Å². The van der Waals surface area contributed by atoms with E-state index in [9.17, 15) is 43.2 Å². The molecule has 3 N–H and O–H groups in total. The van der Waals surface area contributed by atoms with Gasteiger partial charge in [0.05, 0.1) is 26.4 Å². The maximum absolute atomic E-state index is 13.1. The van der Waals surface area contributed by atoms with E-state index in [1.807, 2.05) is 0 Å². The maximum Gasteiger partial charge on any atom is 0.472 e. The molecule has 0 aliphatic carbocycles. The van der Waals surface area contributed by atoms with Gasteiger partial charge in [-0.3, -0.25) is 37.3 Å². The smallest absolute Gasteiger partial charge is 0.462 e. The minimum absolute atomic E-state index is 0.105. The third-order valence-corrected chi connectivity index (χ3v) is 20.2. The molecule has 0 amide bonds. The number of hydrogen-bond acceptors (Lipinski definition) is 15. The van der Waals surface area contributed by atoms with Crippen molar-refractivity contribution in [2.45, 2.75) is 432 Å². The number of phosphoric ester groups is 2. The van der Waals surface area contributed by atoms with E-state index in [0.717, 1.165) is 102 Å². The van der Waals surface area contributed by atoms with Crippen molar-refractivity contribution < 1.29 is 80.2 Å². The van der Waals surface area contributed by atoms with Crippen LogP contribution in [0.4, 0.5) is 0 Å². The van der Waals surface area contributed by atoms with Gasteiger partial charge in [0.25, 0.3) is 0 Å². The fraction of sp³-hybridized carbons (Fsp3) is 0.949. The fourth-order valence-electron chi connectivity index (χ4n) is 12.1. The molecule has 0 heterocycles. The van der Waals surface area contributed by atoms with Gasteiger partial charge in [0.2, 0.25) is 0 Å². The van der Waals surface area contributed by atoms with E-state index in [4.69, 9.17) is 37.0 Å². The minimum atomic E-state index is -4.96. The lowest BCUT2D eigenvalue weighted by Crippen LogP contribution is -2.30. The number of ether oxygens (including phenoxy) is 4. The number of aliphatic hydroxyl groups is 1. The summed E-state index contributed by atoms with van der Waals surface area (Å²) in [5.74, 6) is -1.40. The average Bonchev–Trinajstić information content (AvgIpc) is 1.81. The Bertz CT molecular complexity index is 1860. The summed E-state index contributed by atoms with van der Waals surface area (Å²) in [6.07, 6.45) is 61.3. The van der Waals surface area contributed by atoms with Crippen LogP contribution >= 0.6 is 15.6 Å². The zero-order valence-corrected chi connectivity index (χ0v) is 65.0. The second-order valence-electron chi connectivity index (χ2n) is 28.6. The minimum Gasteiger partial charge on any atom is -0.462 e. The van der Waals surface area contributed by atoms with Crippen LogP contribution in [0.1, 0.15) is 413 Å². The molecular formula is C78H152O17P2. The first-order chi connectivity index (χ1) is 47.0. The van der Waals surface area contributed by atoms with Gasteiger partial charge in [0.1, 0.15) is 19.3 Å². The zero-order chi connectivity index (χ0) is 71.2.